The molecule has 2 aromatic rings. The van der Waals surface area contributed by atoms with Crippen LogP contribution in [0.2, 0.25) is 0 Å². The van der Waals surface area contributed by atoms with Crippen molar-refractivity contribution in [2.45, 2.75) is 6.54 Å². The van der Waals surface area contributed by atoms with Crippen molar-refractivity contribution in [1.29, 1.82) is 0 Å². The largest absolute Gasteiger partial charge is 0.467 e. The van der Waals surface area contributed by atoms with Crippen molar-refractivity contribution in [3.05, 3.63) is 59.5 Å². The molecule has 0 atom stereocenters. The molecule has 0 aliphatic carbocycles. The summed E-state index contributed by atoms with van der Waals surface area (Å²) >= 11 is 0. The second-order valence-electron chi connectivity index (χ2n) is 4.63. The molecular weight excluding hydrogens is 316 g/mol. The van der Waals surface area contributed by atoms with Crippen LogP contribution < -0.4 is 10.6 Å². The normalized spacial score (nSPS) is 9.83. The number of aldehydes is 1. The van der Waals surface area contributed by atoms with Crippen LogP contribution in [0.3, 0.4) is 0 Å². The predicted octanol–water partition coefficient (Wildman–Crippen LogP) is 1.27. The Kier molecular flexibility index (Phi) is 5.84. The lowest BCUT2D eigenvalue weighted by molar-refractivity contribution is -0.123. The monoisotopic (exact) mass is 330 g/mol. The van der Waals surface area contributed by atoms with Gasteiger partial charge in [-0.25, -0.2) is 9.59 Å². The Hall–Kier alpha value is -3.42. The second-order valence-corrected chi connectivity index (χ2v) is 4.63. The summed E-state index contributed by atoms with van der Waals surface area (Å²) in [4.78, 5) is 45.2. The molecule has 0 radical (unpaired) electrons. The summed E-state index contributed by atoms with van der Waals surface area (Å²) in [5.74, 6) is -0.980. The first-order chi connectivity index (χ1) is 11.6. The van der Waals surface area contributed by atoms with E-state index in [0.717, 1.165) is 0 Å². The molecule has 8 heteroatoms. The summed E-state index contributed by atoms with van der Waals surface area (Å²) in [6.07, 6.45) is 2.10. The molecule has 0 fully saturated rings. The lowest BCUT2D eigenvalue weighted by atomic mass is 10.1. The zero-order valence-electron chi connectivity index (χ0n) is 12.5. The maximum atomic E-state index is 11.7. The van der Waals surface area contributed by atoms with Gasteiger partial charge in [-0.05, 0) is 24.3 Å². The molecule has 0 bridgehead atoms. The number of benzene rings is 1. The Morgan fingerprint density at radius 3 is 2.50 bits per heavy atom. The highest BCUT2D eigenvalue weighted by molar-refractivity contribution is 5.97. The standard InChI is InChI=1S/C16H14N2O6/c19-9-11-3-5-12(6-4-11)15(21)24-10-14(20)18-16(22)17-8-13-2-1-7-23-13/h1-7,9H,8,10H2,(H2,17,18,20,22). The Balaban J connectivity index is 1.72. The van der Waals surface area contributed by atoms with E-state index in [-0.39, 0.29) is 12.1 Å². The van der Waals surface area contributed by atoms with Crippen molar-refractivity contribution in [2.75, 3.05) is 6.61 Å². The number of amides is 3. The molecule has 124 valence electrons. The van der Waals surface area contributed by atoms with E-state index in [1.165, 1.54) is 30.5 Å². The van der Waals surface area contributed by atoms with Crippen LogP contribution in [-0.4, -0.2) is 30.8 Å². The lowest BCUT2D eigenvalue weighted by Crippen LogP contribution is -2.41. The number of furan rings is 1. The molecule has 0 aliphatic rings. The molecule has 0 spiro atoms. The number of esters is 1. The Bertz CT molecular complexity index is 722. The van der Waals surface area contributed by atoms with Crippen molar-refractivity contribution >= 4 is 24.2 Å². The zero-order chi connectivity index (χ0) is 17.4. The van der Waals surface area contributed by atoms with Gasteiger partial charge in [0.15, 0.2) is 6.61 Å². The van der Waals surface area contributed by atoms with E-state index >= 15 is 0 Å². The molecule has 2 N–H and O–H groups in total. The van der Waals surface area contributed by atoms with Crippen molar-refractivity contribution in [1.82, 2.24) is 10.6 Å². The third kappa shape index (κ3) is 5.09. The fraction of sp³-hybridized carbons (Fsp3) is 0.125. The molecule has 24 heavy (non-hydrogen) atoms. The fourth-order valence-electron chi connectivity index (χ4n) is 1.70. The topological polar surface area (TPSA) is 115 Å². The van der Waals surface area contributed by atoms with E-state index in [9.17, 15) is 19.2 Å². The van der Waals surface area contributed by atoms with E-state index in [0.29, 0.717) is 17.6 Å². The first kappa shape index (κ1) is 16.9. The minimum Gasteiger partial charge on any atom is -0.467 e. The molecule has 2 rings (SSSR count). The van der Waals surface area contributed by atoms with Gasteiger partial charge in [-0.3, -0.25) is 14.9 Å². The molecule has 0 unspecified atom stereocenters. The van der Waals surface area contributed by atoms with Gasteiger partial charge < -0.3 is 14.5 Å². The molecule has 8 nitrogen and oxygen atoms in total. The summed E-state index contributed by atoms with van der Waals surface area (Å²) in [5.41, 5.74) is 0.605. The van der Waals surface area contributed by atoms with E-state index in [2.05, 4.69) is 5.32 Å². The highest BCUT2D eigenvalue weighted by atomic mass is 16.5. The molecule has 1 aromatic heterocycles. The van der Waals surface area contributed by atoms with Crippen LogP contribution in [0.5, 0.6) is 0 Å². The maximum Gasteiger partial charge on any atom is 0.338 e. The minimum atomic E-state index is -0.773. The van der Waals surface area contributed by atoms with Gasteiger partial charge in [-0.15, -0.1) is 0 Å². The van der Waals surface area contributed by atoms with Gasteiger partial charge in [0.05, 0.1) is 18.4 Å². The quantitative estimate of drug-likeness (QED) is 0.609. The van der Waals surface area contributed by atoms with Gasteiger partial charge in [0, 0.05) is 5.56 Å². The van der Waals surface area contributed by atoms with E-state index in [4.69, 9.17) is 9.15 Å². The molecule has 1 aromatic carbocycles. The van der Waals surface area contributed by atoms with Crippen molar-refractivity contribution in [3.8, 4) is 0 Å². The average Bonchev–Trinajstić information content (AvgIpc) is 3.11. The van der Waals surface area contributed by atoms with Gasteiger partial charge in [0.1, 0.15) is 12.0 Å². The smallest absolute Gasteiger partial charge is 0.338 e. The van der Waals surface area contributed by atoms with Crippen LogP contribution in [-0.2, 0) is 16.1 Å². The summed E-state index contributed by atoms with van der Waals surface area (Å²) in [6.45, 7) is -0.489. The maximum absolute atomic E-state index is 11.7. The number of imide groups is 1. The number of hydrogen-bond acceptors (Lipinski definition) is 6. The van der Waals surface area contributed by atoms with Gasteiger partial charge in [0.2, 0.25) is 0 Å². The average molecular weight is 330 g/mol. The van der Waals surface area contributed by atoms with Crippen LogP contribution >= 0.6 is 0 Å². The number of ether oxygens (including phenoxy) is 1. The SMILES string of the molecule is O=Cc1ccc(C(=O)OCC(=O)NC(=O)NCc2ccco2)cc1. The summed E-state index contributed by atoms with van der Waals surface area (Å²) < 4.78 is 9.79. The van der Waals surface area contributed by atoms with Crippen LogP contribution in [0.4, 0.5) is 4.79 Å². The minimum absolute atomic E-state index is 0.120. The number of carbonyl (C=O) groups excluding carboxylic acids is 4. The molecule has 3 amide bonds. The Morgan fingerprint density at radius 2 is 1.88 bits per heavy atom. The lowest BCUT2D eigenvalue weighted by Gasteiger charge is -2.07. The molecule has 0 aliphatic heterocycles. The molecule has 0 saturated heterocycles. The third-order valence-electron chi connectivity index (χ3n) is 2.87. The summed E-state index contributed by atoms with van der Waals surface area (Å²) in [7, 11) is 0. The van der Waals surface area contributed by atoms with E-state index < -0.39 is 24.5 Å². The van der Waals surface area contributed by atoms with Crippen LogP contribution in [0.1, 0.15) is 26.5 Å². The number of rotatable bonds is 6. The second kappa shape index (κ2) is 8.28. The predicted molar refractivity (Wildman–Crippen MR) is 81.2 cm³/mol. The van der Waals surface area contributed by atoms with Crippen LogP contribution in [0.25, 0.3) is 0 Å². The van der Waals surface area contributed by atoms with Gasteiger partial charge >= 0.3 is 12.0 Å². The zero-order valence-corrected chi connectivity index (χ0v) is 12.5. The van der Waals surface area contributed by atoms with Crippen molar-refractivity contribution in [2.24, 2.45) is 0 Å². The summed E-state index contributed by atoms with van der Waals surface area (Å²) in [6, 6.07) is 8.31. The van der Waals surface area contributed by atoms with E-state index in [1.807, 2.05) is 5.32 Å². The number of hydrogen-bond donors (Lipinski definition) is 2. The fourth-order valence-corrected chi connectivity index (χ4v) is 1.70. The van der Waals surface area contributed by atoms with Crippen LogP contribution in [0.15, 0.2) is 47.1 Å². The number of urea groups is 1. The van der Waals surface area contributed by atoms with Gasteiger partial charge in [-0.2, -0.15) is 0 Å². The molecular formula is C16H14N2O6. The highest BCUT2D eigenvalue weighted by Crippen LogP contribution is 2.04. The van der Waals surface area contributed by atoms with Crippen molar-refractivity contribution < 1.29 is 28.3 Å². The third-order valence-corrected chi connectivity index (χ3v) is 2.87. The Morgan fingerprint density at radius 1 is 1.12 bits per heavy atom. The molecule has 1 heterocycles. The Labute approximate surface area is 136 Å². The number of nitrogens with one attached hydrogen (secondary N) is 2. The first-order valence-electron chi connectivity index (χ1n) is 6.91. The molecule has 0 saturated carbocycles. The first-order valence-corrected chi connectivity index (χ1v) is 6.91. The van der Waals surface area contributed by atoms with Crippen molar-refractivity contribution in [3.63, 3.8) is 0 Å². The van der Waals surface area contributed by atoms with E-state index in [1.54, 1.807) is 12.1 Å². The summed E-state index contributed by atoms with van der Waals surface area (Å²) in [5, 5.41) is 4.42. The highest BCUT2D eigenvalue weighted by Gasteiger charge is 2.12. The van der Waals surface area contributed by atoms with Gasteiger partial charge in [-0.1, -0.05) is 12.1 Å². The van der Waals surface area contributed by atoms with Crippen LogP contribution in [0, 0.1) is 0 Å². The number of carbonyl (C=O) groups is 4. The van der Waals surface area contributed by atoms with Gasteiger partial charge in [0.25, 0.3) is 5.91 Å².